The molecule has 1 aromatic carbocycles. The first-order chi connectivity index (χ1) is 7.43. The summed E-state index contributed by atoms with van der Waals surface area (Å²) in [6.45, 7) is 1.07. The van der Waals surface area contributed by atoms with Gasteiger partial charge < -0.3 is 10.4 Å². The molecule has 16 heavy (non-hydrogen) atoms. The smallest absolute Gasteiger partial charge is 0.333 e. The second kappa shape index (κ2) is 4.26. The summed E-state index contributed by atoms with van der Waals surface area (Å²) in [6, 6.07) is 3.13. The Morgan fingerprint density at radius 2 is 2.12 bits per heavy atom. The molecule has 0 saturated carbocycles. The van der Waals surface area contributed by atoms with Crippen LogP contribution in [0.2, 0.25) is 0 Å². The van der Waals surface area contributed by atoms with E-state index in [2.05, 4.69) is 0 Å². The van der Waals surface area contributed by atoms with Crippen LogP contribution in [-0.4, -0.2) is 17.5 Å². The Morgan fingerprint density at radius 3 is 2.62 bits per heavy atom. The first-order valence-corrected chi connectivity index (χ1v) is 4.32. The minimum atomic E-state index is -1.99. The third-order valence-electron chi connectivity index (χ3n) is 2.27. The number of hydrogen-bond donors (Lipinski definition) is 2. The molecule has 0 fully saturated rings. The molecule has 1 amide bonds. The summed E-state index contributed by atoms with van der Waals surface area (Å²) < 4.78 is 26.3. The summed E-state index contributed by atoms with van der Waals surface area (Å²) in [5.74, 6) is -3.94. The standard InChI is InChI=1S/C10H9F2NO3/c1-10(9(15)16,13-5-14)6-3-2-4-7(11)8(6)12/h2-5H,1H3,(H,13,14)(H,15,16). The van der Waals surface area contributed by atoms with E-state index in [0.717, 1.165) is 19.1 Å². The normalized spacial score (nSPS) is 13.9. The van der Waals surface area contributed by atoms with Crippen LogP contribution in [0.3, 0.4) is 0 Å². The quantitative estimate of drug-likeness (QED) is 0.757. The Morgan fingerprint density at radius 1 is 1.50 bits per heavy atom. The average molecular weight is 229 g/mol. The Hall–Kier alpha value is -1.98. The molecule has 0 saturated heterocycles. The van der Waals surface area contributed by atoms with Crippen LogP contribution >= 0.6 is 0 Å². The number of carbonyl (C=O) groups excluding carboxylic acids is 1. The maximum absolute atomic E-state index is 13.4. The lowest BCUT2D eigenvalue weighted by Gasteiger charge is -2.24. The SMILES string of the molecule is CC(NC=O)(C(=O)O)c1cccc(F)c1F. The number of aliphatic carboxylic acids is 1. The minimum absolute atomic E-state index is 0.123. The van der Waals surface area contributed by atoms with E-state index in [1.807, 2.05) is 5.32 Å². The van der Waals surface area contributed by atoms with Gasteiger partial charge in [-0.05, 0) is 13.0 Å². The number of nitrogens with one attached hydrogen (secondary N) is 1. The molecule has 0 spiro atoms. The zero-order chi connectivity index (χ0) is 12.3. The first kappa shape index (κ1) is 12.1. The molecular formula is C10H9F2NO3. The summed E-state index contributed by atoms with van der Waals surface area (Å²) in [7, 11) is 0. The highest BCUT2D eigenvalue weighted by Gasteiger charge is 2.37. The van der Waals surface area contributed by atoms with E-state index in [1.165, 1.54) is 6.07 Å². The lowest BCUT2D eigenvalue weighted by atomic mass is 9.91. The Kier molecular flexibility index (Phi) is 3.22. The molecule has 0 aliphatic carbocycles. The van der Waals surface area contributed by atoms with Crippen molar-refractivity contribution in [1.29, 1.82) is 0 Å². The van der Waals surface area contributed by atoms with Crippen LogP contribution in [0.1, 0.15) is 12.5 Å². The van der Waals surface area contributed by atoms with Gasteiger partial charge in [-0.3, -0.25) is 4.79 Å². The number of hydrogen-bond acceptors (Lipinski definition) is 2. The molecule has 1 atom stereocenters. The molecule has 1 aromatic rings. The van der Waals surface area contributed by atoms with E-state index in [-0.39, 0.29) is 6.41 Å². The van der Waals surface area contributed by atoms with Crippen molar-refractivity contribution in [1.82, 2.24) is 5.32 Å². The number of amides is 1. The molecule has 0 aromatic heterocycles. The first-order valence-electron chi connectivity index (χ1n) is 4.32. The third-order valence-corrected chi connectivity index (χ3v) is 2.27. The van der Waals surface area contributed by atoms with Crippen LogP contribution in [0.15, 0.2) is 18.2 Å². The molecule has 0 radical (unpaired) electrons. The largest absolute Gasteiger partial charge is 0.479 e. The summed E-state index contributed by atoms with van der Waals surface area (Å²) in [4.78, 5) is 21.3. The topological polar surface area (TPSA) is 66.4 Å². The zero-order valence-corrected chi connectivity index (χ0v) is 8.33. The van der Waals surface area contributed by atoms with Gasteiger partial charge in [-0.1, -0.05) is 12.1 Å². The van der Waals surface area contributed by atoms with Crippen LogP contribution in [0.4, 0.5) is 8.78 Å². The number of carbonyl (C=O) groups is 2. The molecular weight excluding hydrogens is 220 g/mol. The highest BCUT2D eigenvalue weighted by atomic mass is 19.2. The van der Waals surface area contributed by atoms with Gasteiger partial charge >= 0.3 is 5.97 Å². The zero-order valence-electron chi connectivity index (χ0n) is 8.33. The number of carboxylic acids is 1. The summed E-state index contributed by atoms with van der Waals surface area (Å²) in [5, 5.41) is 10.9. The van der Waals surface area contributed by atoms with Gasteiger partial charge in [0.2, 0.25) is 6.41 Å². The van der Waals surface area contributed by atoms with E-state index < -0.39 is 28.7 Å². The van der Waals surface area contributed by atoms with E-state index in [0.29, 0.717) is 0 Å². The summed E-state index contributed by atoms with van der Waals surface area (Å²) in [6.07, 6.45) is 0.123. The number of halogens is 2. The lowest BCUT2D eigenvalue weighted by Crippen LogP contribution is -2.46. The molecule has 0 heterocycles. The third kappa shape index (κ3) is 1.86. The van der Waals surface area contributed by atoms with Gasteiger partial charge in [0.25, 0.3) is 0 Å². The fraction of sp³-hybridized carbons (Fsp3) is 0.200. The summed E-state index contributed by atoms with van der Waals surface area (Å²) in [5.41, 5.74) is -2.43. The van der Waals surface area contributed by atoms with Crippen molar-refractivity contribution in [2.75, 3.05) is 0 Å². The lowest BCUT2D eigenvalue weighted by molar-refractivity contribution is -0.146. The maximum Gasteiger partial charge on any atom is 0.333 e. The van der Waals surface area contributed by atoms with Crippen molar-refractivity contribution in [3.8, 4) is 0 Å². The van der Waals surface area contributed by atoms with E-state index >= 15 is 0 Å². The molecule has 1 rings (SSSR count). The van der Waals surface area contributed by atoms with Crippen molar-refractivity contribution in [3.05, 3.63) is 35.4 Å². The number of benzene rings is 1. The van der Waals surface area contributed by atoms with Crippen LogP contribution in [0, 0.1) is 11.6 Å². The molecule has 4 nitrogen and oxygen atoms in total. The fourth-order valence-electron chi connectivity index (χ4n) is 1.26. The van der Waals surface area contributed by atoms with Crippen LogP contribution < -0.4 is 5.32 Å². The Bertz CT molecular complexity index is 436. The number of rotatable bonds is 4. The molecule has 86 valence electrons. The monoisotopic (exact) mass is 229 g/mol. The van der Waals surface area contributed by atoms with Crippen molar-refractivity contribution in [2.24, 2.45) is 0 Å². The van der Waals surface area contributed by atoms with Gasteiger partial charge in [0.1, 0.15) is 0 Å². The van der Waals surface area contributed by atoms with Gasteiger partial charge in [-0.15, -0.1) is 0 Å². The van der Waals surface area contributed by atoms with Gasteiger partial charge in [0, 0.05) is 5.56 Å². The Balaban J connectivity index is 3.37. The maximum atomic E-state index is 13.4. The predicted molar refractivity (Wildman–Crippen MR) is 50.5 cm³/mol. The van der Waals surface area contributed by atoms with Crippen molar-refractivity contribution >= 4 is 12.4 Å². The van der Waals surface area contributed by atoms with Crippen molar-refractivity contribution < 1.29 is 23.5 Å². The van der Waals surface area contributed by atoms with Gasteiger partial charge in [0.05, 0.1) is 0 Å². The predicted octanol–water partition coefficient (Wildman–Crippen LogP) is 1.01. The average Bonchev–Trinajstić information content (AvgIpc) is 2.22. The summed E-state index contributed by atoms with van der Waals surface area (Å²) >= 11 is 0. The van der Waals surface area contributed by atoms with Crippen LogP contribution in [0.5, 0.6) is 0 Å². The van der Waals surface area contributed by atoms with Crippen molar-refractivity contribution in [3.63, 3.8) is 0 Å². The van der Waals surface area contributed by atoms with E-state index in [4.69, 9.17) is 5.11 Å². The van der Waals surface area contributed by atoms with E-state index in [9.17, 15) is 18.4 Å². The molecule has 0 aliphatic rings. The minimum Gasteiger partial charge on any atom is -0.479 e. The van der Waals surface area contributed by atoms with Crippen LogP contribution in [0.25, 0.3) is 0 Å². The van der Waals surface area contributed by atoms with Crippen LogP contribution in [-0.2, 0) is 15.1 Å². The molecule has 1 unspecified atom stereocenters. The fourth-order valence-corrected chi connectivity index (χ4v) is 1.26. The molecule has 2 N–H and O–H groups in total. The van der Waals surface area contributed by atoms with Gasteiger partial charge in [0.15, 0.2) is 17.2 Å². The second-order valence-electron chi connectivity index (χ2n) is 3.29. The number of carboxylic acid groups (broad SMARTS) is 1. The van der Waals surface area contributed by atoms with Gasteiger partial charge in [-0.25, -0.2) is 13.6 Å². The Labute approximate surface area is 89.9 Å². The highest BCUT2D eigenvalue weighted by Crippen LogP contribution is 2.25. The molecule has 0 bridgehead atoms. The molecule has 6 heteroatoms. The van der Waals surface area contributed by atoms with Crippen molar-refractivity contribution in [2.45, 2.75) is 12.5 Å². The highest BCUT2D eigenvalue weighted by molar-refractivity contribution is 5.82. The second-order valence-corrected chi connectivity index (χ2v) is 3.29. The molecule has 0 aliphatic heterocycles. The van der Waals surface area contributed by atoms with E-state index in [1.54, 1.807) is 0 Å². The van der Waals surface area contributed by atoms with Gasteiger partial charge in [-0.2, -0.15) is 0 Å².